The summed E-state index contributed by atoms with van der Waals surface area (Å²) >= 11 is 0. The molecule has 0 aromatic heterocycles. The third kappa shape index (κ3) is 4.95. The van der Waals surface area contributed by atoms with Crippen molar-refractivity contribution in [1.82, 2.24) is 4.72 Å². The summed E-state index contributed by atoms with van der Waals surface area (Å²) in [6.07, 6.45) is -0.389. The van der Waals surface area contributed by atoms with Crippen molar-refractivity contribution in [3.05, 3.63) is 29.6 Å². The van der Waals surface area contributed by atoms with Gasteiger partial charge in [-0.25, -0.2) is 22.3 Å². The molecule has 1 heterocycles. The Morgan fingerprint density at radius 2 is 2.16 bits per heavy atom. The minimum atomic E-state index is -4.38. The van der Waals surface area contributed by atoms with Crippen molar-refractivity contribution in [3.8, 4) is 0 Å². The minimum Gasteiger partial charge on any atom is -0.478 e. The van der Waals surface area contributed by atoms with Crippen molar-refractivity contribution in [2.75, 3.05) is 19.8 Å². The van der Waals surface area contributed by atoms with Gasteiger partial charge in [0.25, 0.3) is 0 Å². The van der Waals surface area contributed by atoms with E-state index in [2.05, 4.69) is 4.72 Å². The quantitative estimate of drug-likeness (QED) is 0.579. The zero-order valence-corrected chi connectivity index (χ0v) is 13.8. The lowest BCUT2D eigenvalue weighted by atomic mass is 10.1. The van der Waals surface area contributed by atoms with Crippen LogP contribution in [0.5, 0.6) is 0 Å². The van der Waals surface area contributed by atoms with E-state index < -0.39 is 51.4 Å². The average Bonchev–Trinajstić information content (AvgIpc) is 2.53. The number of benzene rings is 1. The monoisotopic (exact) mass is 376 g/mol. The van der Waals surface area contributed by atoms with E-state index in [4.69, 9.17) is 20.3 Å². The Labute approximate surface area is 143 Å². The molecule has 0 spiro atoms. The zero-order chi connectivity index (χ0) is 18.6. The molecule has 9 nitrogen and oxygen atoms in total. The molecule has 0 unspecified atom stereocenters. The zero-order valence-electron chi connectivity index (χ0n) is 13.0. The van der Waals surface area contributed by atoms with E-state index in [0.29, 0.717) is 13.0 Å². The highest BCUT2D eigenvalue weighted by molar-refractivity contribution is 7.89. The number of primary amides is 1. The Morgan fingerprint density at radius 1 is 1.44 bits per heavy atom. The van der Waals surface area contributed by atoms with Crippen molar-refractivity contribution < 1.29 is 37.0 Å². The van der Waals surface area contributed by atoms with Gasteiger partial charge in [0.05, 0.1) is 24.3 Å². The van der Waals surface area contributed by atoms with Crippen LogP contribution in [-0.4, -0.2) is 57.4 Å². The van der Waals surface area contributed by atoms with Crippen LogP contribution in [0.2, 0.25) is 0 Å². The van der Waals surface area contributed by atoms with Crippen LogP contribution in [0.4, 0.5) is 4.39 Å². The molecule has 1 aromatic carbocycles. The van der Waals surface area contributed by atoms with E-state index >= 15 is 0 Å². The molecule has 1 saturated heterocycles. The lowest BCUT2D eigenvalue weighted by molar-refractivity contribution is -0.127. The van der Waals surface area contributed by atoms with Crippen molar-refractivity contribution in [2.24, 2.45) is 5.73 Å². The van der Waals surface area contributed by atoms with Crippen LogP contribution < -0.4 is 10.5 Å². The molecule has 138 valence electrons. The van der Waals surface area contributed by atoms with Crippen molar-refractivity contribution in [1.29, 1.82) is 0 Å². The van der Waals surface area contributed by atoms with Crippen LogP contribution in [0.3, 0.4) is 0 Å². The molecule has 0 bridgehead atoms. The summed E-state index contributed by atoms with van der Waals surface area (Å²) < 4.78 is 51.4. The number of rotatable bonds is 7. The summed E-state index contributed by atoms with van der Waals surface area (Å²) in [6, 6.07) is 1.56. The van der Waals surface area contributed by atoms with Gasteiger partial charge in [-0.1, -0.05) is 0 Å². The average molecular weight is 376 g/mol. The van der Waals surface area contributed by atoms with E-state index in [-0.39, 0.29) is 12.2 Å². The fraction of sp³-hybridized carbons (Fsp3) is 0.429. The van der Waals surface area contributed by atoms with E-state index in [9.17, 15) is 22.4 Å². The number of aromatic carboxylic acids is 1. The molecule has 0 radical (unpaired) electrons. The second kappa shape index (κ2) is 7.87. The first-order valence-corrected chi connectivity index (χ1v) is 8.72. The topological polar surface area (TPSA) is 145 Å². The smallest absolute Gasteiger partial charge is 0.335 e. The molecule has 1 fully saturated rings. The highest BCUT2D eigenvalue weighted by Gasteiger charge is 2.32. The van der Waals surface area contributed by atoms with Gasteiger partial charge in [-0.15, -0.1) is 0 Å². The Balaban J connectivity index is 2.22. The molecule has 1 amide bonds. The van der Waals surface area contributed by atoms with Gasteiger partial charge >= 0.3 is 5.97 Å². The Morgan fingerprint density at radius 3 is 2.80 bits per heavy atom. The van der Waals surface area contributed by atoms with Gasteiger partial charge in [-0.3, -0.25) is 4.79 Å². The molecule has 1 aliphatic heterocycles. The SMILES string of the molecule is NC(=O)CO[C@@H]1CCOC[C@@H]1NS(=O)(=O)c1cc(C(=O)O)ccc1F. The van der Waals surface area contributed by atoms with Crippen LogP contribution in [0.15, 0.2) is 23.1 Å². The molecule has 4 N–H and O–H groups in total. The summed E-state index contributed by atoms with van der Waals surface area (Å²) in [6.45, 7) is -0.154. The normalized spacial score (nSPS) is 21.0. The van der Waals surface area contributed by atoms with Gasteiger partial charge in [0.1, 0.15) is 17.3 Å². The Hall–Kier alpha value is -2.08. The first kappa shape index (κ1) is 19.2. The Bertz CT molecular complexity index is 768. The first-order chi connectivity index (χ1) is 11.7. The largest absolute Gasteiger partial charge is 0.478 e. The van der Waals surface area contributed by atoms with Crippen molar-refractivity contribution >= 4 is 21.9 Å². The Kier molecular flexibility index (Phi) is 6.06. The van der Waals surface area contributed by atoms with Crippen LogP contribution in [0.25, 0.3) is 0 Å². The maximum atomic E-state index is 13.9. The molecule has 11 heteroatoms. The number of halogens is 1. The molecule has 2 atom stereocenters. The molecule has 1 aliphatic rings. The number of carbonyl (C=O) groups is 2. The number of carboxylic acids is 1. The molecule has 2 rings (SSSR count). The fourth-order valence-corrected chi connectivity index (χ4v) is 3.67. The van der Waals surface area contributed by atoms with E-state index in [1.807, 2.05) is 0 Å². The summed E-state index contributed by atoms with van der Waals surface area (Å²) in [5.41, 5.74) is 4.63. The highest BCUT2D eigenvalue weighted by atomic mass is 32.2. The summed E-state index contributed by atoms with van der Waals surface area (Å²) in [5.74, 6) is -3.20. The second-order valence-electron chi connectivity index (χ2n) is 5.36. The van der Waals surface area contributed by atoms with Crippen LogP contribution in [-0.2, 0) is 24.3 Å². The van der Waals surface area contributed by atoms with Gasteiger partial charge < -0.3 is 20.3 Å². The van der Waals surface area contributed by atoms with Gasteiger partial charge in [0.15, 0.2) is 0 Å². The number of nitrogens with two attached hydrogens (primary N) is 1. The third-order valence-corrected chi connectivity index (χ3v) is 5.01. The number of amides is 1. The van der Waals surface area contributed by atoms with Crippen LogP contribution in [0.1, 0.15) is 16.8 Å². The van der Waals surface area contributed by atoms with Gasteiger partial charge in [-0.2, -0.15) is 0 Å². The third-order valence-electron chi connectivity index (χ3n) is 3.51. The summed E-state index contributed by atoms with van der Waals surface area (Å²) in [5, 5.41) is 8.93. The first-order valence-electron chi connectivity index (χ1n) is 7.23. The second-order valence-corrected chi connectivity index (χ2v) is 7.04. The number of nitrogens with one attached hydrogen (secondary N) is 1. The molecule has 1 aromatic rings. The lowest BCUT2D eigenvalue weighted by Crippen LogP contribution is -2.51. The van der Waals surface area contributed by atoms with Crippen molar-refractivity contribution in [2.45, 2.75) is 23.5 Å². The standard InChI is InChI=1S/C14H17FN2O7S/c15-9-2-1-8(14(19)20)5-12(9)25(21,22)17-10-6-23-4-3-11(10)24-7-13(16)18/h1-2,5,10-11,17H,3-4,6-7H2,(H2,16,18)(H,19,20)/t10-,11+/m0/s1. The number of hydrogen-bond acceptors (Lipinski definition) is 6. The maximum Gasteiger partial charge on any atom is 0.335 e. The molecule has 0 aliphatic carbocycles. The van der Waals surface area contributed by atoms with E-state index in [1.165, 1.54) is 0 Å². The van der Waals surface area contributed by atoms with Gasteiger partial charge in [0, 0.05) is 6.61 Å². The predicted octanol–water partition coefficient (Wildman–Crippen LogP) is -0.538. The van der Waals surface area contributed by atoms with Gasteiger partial charge in [-0.05, 0) is 24.6 Å². The highest BCUT2D eigenvalue weighted by Crippen LogP contribution is 2.19. The van der Waals surface area contributed by atoms with E-state index in [1.54, 1.807) is 0 Å². The molecule has 25 heavy (non-hydrogen) atoms. The number of carboxylic acid groups (broad SMARTS) is 1. The predicted molar refractivity (Wildman–Crippen MR) is 81.8 cm³/mol. The number of hydrogen-bond donors (Lipinski definition) is 3. The van der Waals surface area contributed by atoms with Crippen LogP contribution in [0, 0.1) is 5.82 Å². The number of carbonyl (C=O) groups excluding carboxylic acids is 1. The van der Waals surface area contributed by atoms with Crippen molar-refractivity contribution in [3.63, 3.8) is 0 Å². The minimum absolute atomic E-state index is 0.0527. The summed E-state index contributed by atoms with van der Waals surface area (Å²) in [4.78, 5) is 21.0. The maximum absolute atomic E-state index is 13.9. The van der Waals surface area contributed by atoms with E-state index in [0.717, 1.165) is 18.2 Å². The van der Waals surface area contributed by atoms with Crippen LogP contribution >= 0.6 is 0 Å². The molecular formula is C14H17FN2O7S. The fourth-order valence-electron chi connectivity index (χ4n) is 2.32. The lowest BCUT2D eigenvalue weighted by Gasteiger charge is -2.31. The molecular weight excluding hydrogens is 359 g/mol. The summed E-state index contributed by atoms with van der Waals surface area (Å²) in [7, 11) is -4.38. The number of ether oxygens (including phenoxy) is 2. The number of sulfonamides is 1. The van der Waals surface area contributed by atoms with Gasteiger partial charge in [0.2, 0.25) is 15.9 Å². The molecule has 0 saturated carbocycles.